The molecule has 2 nitrogen and oxygen atoms in total. The lowest BCUT2D eigenvalue weighted by Gasteiger charge is -2.18. The van der Waals surface area contributed by atoms with Crippen molar-refractivity contribution in [2.45, 2.75) is 32.1 Å². The molecule has 1 aromatic carbocycles. The van der Waals surface area contributed by atoms with E-state index >= 15 is 0 Å². The average Bonchev–Trinajstić information content (AvgIpc) is 2.38. The number of nitrogens with zero attached hydrogens (tertiary/aromatic N) is 1. The molecule has 0 aromatic heterocycles. The number of benzene rings is 1. The van der Waals surface area contributed by atoms with Gasteiger partial charge < -0.3 is 10.0 Å². The Morgan fingerprint density at radius 2 is 1.89 bits per heavy atom. The molecule has 106 valence electrons. The number of rotatable bonds is 2. The topological polar surface area (TPSA) is 23.5 Å². The SMILES string of the molecule is CN(C)C=CC1CCCCC1.Oc1cccc(F)c1. The molecule has 1 N–H and O–H groups in total. The summed E-state index contributed by atoms with van der Waals surface area (Å²) in [5.41, 5.74) is 0. The Morgan fingerprint density at radius 1 is 1.21 bits per heavy atom. The first-order valence-corrected chi connectivity index (χ1v) is 6.87. The van der Waals surface area contributed by atoms with Crippen LogP contribution in [0.25, 0.3) is 0 Å². The minimum Gasteiger partial charge on any atom is -0.508 e. The van der Waals surface area contributed by atoms with Crippen LogP contribution in [0.3, 0.4) is 0 Å². The molecule has 2 rings (SSSR count). The number of allylic oxidation sites excluding steroid dienone is 1. The van der Waals surface area contributed by atoms with Gasteiger partial charge in [-0.3, -0.25) is 0 Å². The fraction of sp³-hybridized carbons (Fsp3) is 0.500. The Labute approximate surface area is 115 Å². The molecule has 0 aliphatic heterocycles. The standard InChI is InChI=1S/C10H19N.C6H5FO/c1-11(2)9-8-10-6-4-3-5-7-10;7-5-2-1-3-6(8)4-5/h8-10H,3-7H2,1-2H3;1-4,8H. The number of phenols is 1. The van der Waals surface area contributed by atoms with Gasteiger partial charge in [0.25, 0.3) is 0 Å². The van der Waals surface area contributed by atoms with E-state index < -0.39 is 5.82 Å². The first kappa shape index (κ1) is 15.5. The lowest BCUT2D eigenvalue weighted by Crippen LogP contribution is -2.06. The van der Waals surface area contributed by atoms with Crippen LogP contribution < -0.4 is 0 Å². The third-order valence-electron chi connectivity index (χ3n) is 3.11. The molecule has 1 fully saturated rings. The van der Waals surface area contributed by atoms with Crippen molar-refractivity contribution in [2.75, 3.05) is 14.1 Å². The van der Waals surface area contributed by atoms with E-state index in [1.54, 1.807) is 0 Å². The number of hydrogen-bond donors (Lipinski definition) is 1. The molecular formula is C16H24FNO. The van der Waals surface area contributed by atoms with Gasteiger partial charge in [0.15, 0.2) is 0 Å². The zero-order chi connectivity index (χ0) is 14.1. The van der Waals surface area contributed by atoms with Gasteiger partial charge in [-0.2, -0.15) is 0 Å². The Balaban J connectivity index is 0.000000200. The summed E-state index contributed by atoms with van der Waals surface area (Å²) in [6, 6.07) is 5.20. The molecule has 1 saturated carbocycles. The Bertz CT molecular complexity index is 367. The van der Waals surface area contributed by atoms with Gasteiger partial charge in [0.2, 0.25) is 0 Å². The van der Waals surface area contributed by atoms with Crippen molar-refractivity contribution in [3.05, 3.63) is 42.4 Å². The fourth-order valence-corrected chi connectivity index (χ4v) is 2.10. The zero-order valence-corrected chi connectivity index (χ0v) is 11.8. The molecule has 1 aliphatic rings. The highest BCUT2D eigenvalue weighted by Gasteiger charge is 2.09. The lowest BCUT2D eigenvalue weighted by molar-refractivity contribution is 0.413. The molecule has 1 aliphatic carbocycles. The van der Waals surface area contributed by atoms with E-state index in [1.165, 1.54) is 50.3 Å². The molecular weight excluding hydrogens is 241 g/mol. The smallest absolute Gasteiger partial charge is 0.126 e. The van der Waals surface area contributed by atoms with E-state index in [-0.39, 0.29) is 5.75 Å². The highest BCUT2D eigenvalue weighted by atomic mass is 19.1. The van der Waals surface area contributed by atoms with Crippen LogP contribution in [0.1, 0.15) is 32.1 Å². The van der Waals surface area contributed by atoms with Crippen LogP contribution in [0.4, 0.5) is 4.39 Å². The maximum Gasteiger partial charge on any atom is 0.126 e. The molecule has 0 saturated heterocycles. The maximum atomic E-state index is 12.0. The highest BCUT2D eigenvalue weighted by molar-refractivity contribution is 5.20. The molecule has 0 unspecified atom stereocenters. The molecule has 3 heteroatoms. The Kier molecular flexibility index (Phi) is 7.01. The van der Waals surface area contributed by atoms with E-state index in [9.17, 15) is 4.39 Å². The van der Waals surface area contributed by atoms with Gasteiger partial charge in [-0.25, -0.2) is 4.39 Å². The molecule has 0 spiro atoms. The van der Waals surface area contributed by atoms with E-state index in [0.29, 0.717) is 0 Å². The summed E-state index contributed by atoms with van der Waals surface area (Å²) in [5.74, 6) is 0.418. The van der Waals surface area contributed by atoms with E-state index in [1.807, 2.05) is 0 Å². The van der Waals surface area contributed by atoms with Crippen LogP contribution in [0.15, 0.2) is 36.5 Å². The maximum absolute atomic E-state index is 12.0. The molecule has 19 heavy (non-hydrogen) atoms. The third-order valence-corrected chi connectivity index (χ3v) is 3.11. The monoisotopic (exact) mass is 265 g/mol. The van der Waals surface area contributed by atoms with E-state index in [0.717, 1.165) is 12.0 Å². The summed E-state index contributed by atoms with van der Waals surface area (Å²) in [6.45, 7) is 0. The highest BCUT2D eigenvalue weighted by Crippen LogP contribution is 2.24. The zero-order valence-electron chi connectivity index (χ0n) is 11.8. The predicted molar refractivity (Wildman–Crippen MR) is 77.5 cm³/mol. The molecule has 0 amide bonds. The predicted octanol–water partition coefficient (Wildman–Crippen LogP) is 4.17. The van der Waals surface area contributed by atoms with Crippen molar-refractivity contribution >= 4 is 0 Å². The first-order chi connectivity index (χ1) is 9.08. The number of halogens is 1. The normalized spacial score (nSPS) is 15.9. The molecule has 0 atom stereocenters. The summed E-state index contributed by atoms with van der Waals surface area (Å²) < 4.78 is 12.0. The Hall–Kier alpha value is -1.51. The van der Waals surface area contributed by atoms with Crippen LogP contribution in [0, 0.1) is 11.7 Å². The van der Waals surface area contributed by atoms with Crippen molar-refractivity contribution in [3.63, 3.8) is 0 Å². The minimum absolute atomic E-state index is 0.0370. The van der Waals surface area contributed by atoms with E-state index in [4.69, 9.17) is 5.11 Å². The Morgan fingerprint density at radius 3 is 2.37 bits per heavy atom. The largest absolute Gasteiger partial charge is 0.508 e. The van der Waals surface area contributed by atoms with Crippen LogP contribution >= 0.6 is 0 Å². The summed E-state index contributed by atoms with van der Waals surface area (Å²) >= 11 is 0. The molecule has 1 aromatic rings. The van der Waals surface area contributed by atoms with Crippen molar-refractivity contribution in [3.8, 4) is 5.75 Å². The quantitative estimate of drug-likeness (QED) is 0.867. The van der Waals surface area contributed by atoms with Gasteiger partial charge in [0.05, 0.1) is 0 Å². The average molecular weight is 265 g/mol. The second-order valence-corrected chi connectivity index (χ2v) is 5.18. The second kappa shape index (κ2) is 8.57. The fourth-order valence-electron chi connectivity index (χ4n) is 2.10. The van der Waals surface area contributed by atoms with Gasteiger partial charge in [-0.05, 0) is 37.1 Å². The van der Waals surface area contributed by atoms with Crippen molar-refractivity contribution in [1.82, 2.24) is 4.90 Å². The van der Waals surface area contributed by atoms with Gasteiger partial charge >= 0.3 is 0 Å². The minimum atomic E-state index is -0.412. The first-order valence-electron chi connectivity index (χ1n) is 6.87. The van der Waals surface area contributed by atoms with Gasteiger partial charge in [-0.15, -0.1) is 0 Å². The van der Waals surface area contributed by atoms with Crippen LogP contribution in [-0.4, -0.2) is 24.1 Å². The van der Waals surface area contributed by atoms with Gasteiger partial charge in [-0.1, -0.05) is 31.4 Å². The number of hydrogen-bond acceptors (Lipinski definition) is 2. The van der Waals surface area contributed by atoms with Crippen LogP contribution in [0.2, 0.25) is 0 Å². The molecule has 0 heterocycles. The lowest BCUT2D eigenvalue weighted by atomic mass is 9.89. The van der Waals surface area contributed by atoms with Crippen molar-refractivity contribution in [1.29, 1.82) is 0 Å². The van der Waals surface area contributed by atoms with Gasteiger partial charge in [0, 0.05) is 20.2 Å². The summed E-state index contributed by atoms with van der Waals surface area (Å²) in [4.78, 5) is 2.12. The van der Waals surface area contributed by atoms with E-state index in [2.05, 4.69) is 31.3 Å². The third kappa shape index (κ3) is 7.50. The molecule has 0 bridgehead atoms. The van der Waals surface area contributed by atoms with Crippen molar-refractivity contribution < 1.29 is 9.50 Å². The number of phenolic OH excluding ortho intramolecular Hbond substituents is 1. The van der Waals surface area contributed by atoms with Gasteiger partial charge in [0.1, 0.15) is 11.6 Å². The molecule has 0 radical (unpaired) electrons. The van der Waals surface area contributed by atoms with Crippen molar-refractivity contribution in [2.24, 2.45) is 5.92 Å². The van der Waals surface area contributed by atoms with Crippen LogP contribution in [-0.2, 0) is 0 Å². The summed E-state index contributed by atoms with van der Waals surface area (Å²) in [5, 5.41) is 8.57. The number of aromatic hydroxyl groups is 1. The van der Waals surface area contributed by atoms with Crippen LogP contribution in [0.5, 0.6) is 5.75 Å². The summed E-state index contributed by atoms with van der Waals surface area (Å²) in [6.07, 6.45) is 11.7. The second-order valence-electron chi connectivity index (χ2n) is 5.18. The summed E-state index contributed by atoms with van der Waals surface area (Å²) in [7, 11) is 4.17.